The van der Waals surface area contributed by atoms with Gasteiger partial charge in [-0.15, -0.1) is 0 Å². The lowest BCUT2D eigenvalue weighted by Crippen LogP contribution is -2.43. The average molecular weight is 542 g/mol. The summed E-state index contributed by atoms with van der Waals surface area (Å²) in [4.78, 5) is 7.40. The molecule has 8 heteroatoms. The first-order chi connectivity index (χ1) is 18.5. The summed E-state index contributed by atoms with van der Waals surface area (Å²) in [6.45, 7) is 9.20. The molecule has 206 valence electrons. The second-order valence-corrected chi connectivity index (χ2v) is 11.5. The highest BCUT2D eigenvalue weighted by atomic mass is 32.2. The number of hydrogen-bond acceptors (Lipinski definition) is 6. The van der Waals surface area contributed by atoms with Gasteiger partial charge in [-0.25, -0.2) is 8.78 Å². The molecule has 3 aliphatic rings. The van der Waals surface area contributed by atoms with Crippen molar-refractivity contribution in [3.8, 4) is 0 Å². The topological polar surface area (TPSA) is 44.1 Å². The van der Waals surface area contributed by atoms with E-state index in [0.717, 1.165) is 17.3 Å². The standard InChI is InChI=1S/C28H35F2N5S.C2H6/c1-20-6-5-9-24(16-20)35(36-25-12-14-34(15-13-25)23-7-3-2-4-8-23)19-22-11-10-21(18-31-22)26-17-27(28(29)30)33-32-26;1-2/h5-6,9-11,16,18,23,25,28H,2-4,7-8,12-15,17,19H2,1H3;1-2H3. The van der Waals surface area contributed by atoms with Crippen molar-refractivity contribution < 1.29 is 8.78 Å². The molecule has 0 spiro atoms. The minimum absolute atomic E-state index is 0.0868. The van der Waals surface area contributed by atoms with Gasteiger partial charge in [0, 0.05) is 35.2 Å². The number of pyridine rings is 1. The molecule has 1 aromatic carbocycles. The van der Waals surface area contributed by atoms with E-state index in [2.05, 4.69) is 55.6 Å². The molecule has 3 heterocycles. The maximum Gasteiger partial charge on any atom is 0.278 e. The average Bonchev–Trinajstić information content (AvgIpc) is 3.46. The number of hydrogen-bond donors (Lipinski definition) is 0. The highest BCUT2D eigenvalue weighted by Gasteiger charge is 2.28. The van der Waals surface area contributed by atoms with Crippen LogP contribution in [0.2, 0.25) is 0 Å². The minimum Gasteiger partial charge on any atom is -0.310 e. The second kappa shape index (κ2) is 14.2. The third-order valence-electron chi connectivity index (χ3n) is 7.50. The van der Waals surface area contributed by atoms with E-state index < -0.39 is 6.43 Å². The van der Waals surface area contributed by atoms with E-state index in [9.17, 15) is 8.78 Å². The Morgan fingerprint density at radius 1 is 1.00 bits per heavy atom. The summed E-state index contributed by atoms with van der Waals surface area (Å²) in [5.41, 5.74) is 4.51. The van der Waals surface area contributed by atoms with Crippen molar-refractivity contribution in [2.24, 2.45) is 10.2 Å². The minimum atomic E-state index is -2.56. The number of anilines is 1. The maximum atomic E-state index is 12.9. The van der Waals surface area contributed by atoms with Crippen molar-refractivity contribution in [3.63, 3.8) is 0 Å². The number of piperidine rings is 1. The van der Waals surface area contributed by atoms with E-state index in [1.54, 1.807) is 6.20 Å². The largest absolute Gasteiger partial charge is 0.310 e. The van der Waals surface area contributed by atoms with E-state index in [4.69, 9.17) is 0 Å². The Morgan fingerprint density at radius 2 is 1.76 bits per heavy atom. The highest BCUT2D eigenvalue weighted by Crippen LogP contribution is 2.34. The van der Waals surface area contributed by atoms with Crippen LogP contribution >= 0.6 is 11.9 Å². The summed E-state index contributed by atoms with van der Waals surface area (Å²) in [5, 5.41) is 8.15. The van der Waals surface area contributed by atoms with Gasteiger partial charge in [0.2, 0.25) is 0 Å². The molecule has 5 nitrogen and oxygen atoms in total. The molecule has 2 fully saturated rings. The van der Waals surface area contributed by atoms with E-state index >= 15 is 0 Å². The zero-order valence-corrected chi connectivity index (χ0v) is 23.8. The number of nitrogens with zero attached hydrogens (tertiary/aromatic N) is 5. The zero-order chi connectivity index (χ0) is 26.9. The summed E-state index contributed by atoms with van der Waals surface area (Å²) < 4.78 is 28.2. The third kappa shape index (κ3) is 7.63. The lowest BCUT2D eigenvalue weighted by molar-refractivity contribution is 0.133. The quantitative estimate of drug-likeness (QED) is 0.322. The van der Waals surface area contributed by atoms with Gasteiger partial charge >= 0.3 is 0 Å². The summed E-state index contributed by atoms with van der Waals surface area (Å²) >= 11 is 1.95. The molecule has 1 aliphatic carbocycles. The van der Waals surface area contributed by atoms with Crippen LogP contribution in [0.1, 0.15) is 82.0 Å². The van der Waals surface area contributed by atoms with Crippen LogP contribution in [0.25, 0.3) is 0 Å². The van der Waals surface area contributed by atoms with Gasteiger partial charge in [0.1, 0.15) is 5.71 Å². The summed E-state index contributed by atoms with van der Waals surface area (Å²) in [5.74, 6) is 0. The molecule has 1 saturated carbocycles. The number of halogens is 2. The first-order valence-corrected chi connectivity index (χ1v) is 15.0. The molecular formula is C30H41F2N5S. The molecule has 0 radical (unpaired) electrons. The fraction of sp³-hybridized carbons (Fsp3) is 0.567. The van der Waals surface area contributed by atoms with Gasteiger partial charge in [-0.2, -0.15) is 10.2 Å². The second-order valence-electron chi connectivity index (χ2n) is 10.2. The van der Waals surface area contributed by atoms with Gasteiger partial charge in [-0.3, -0.25) is 4.98 Å². The lowest BCUT2D eigenvalue weighted by atomic mass is 9.93. The number of rotatable bonds is 8. The van der Waals surface area contributed by atoms with Gasteiger partial charge in [0.25, 0.3) is 6.43 Å². The van der Waals surface area contributed by atoms with Crippen molar-refractivity contribution in [2.75, 3.05) is 17.4 Å². The zero-order valence-electron chi connectivity index (χ0n) is 23.0. The van der Waals surface area contributed by atoms with Crippen molar-refractivity contribution in [1.82, 2.24) is 9.88 Å². The van der Waals surface area contributed by atoms with Crippen LogP contribution in [0.4, 0.5) is 14.5 Å². The van der Waals surface area contributed by atoms with E-state index in [1.807, 2.05) is 37.9 Å². The van der Waals surface area contributed by atoms with Gasteiger partial charge in [0.05, 0.1) is 18.0 Å². The SMILES string of the molecule is CC.Cc1cccc(N(Cc2ccc(C3=NN=C(C(F)F)C3)cn2)SC2CCN(C3CCCCC3)CC2)c1. The van der Waals surface area contributed by atoms with Crippen LogP contribution < -0.4 is 4.31 Å². The molecule has 1 saturated heterocycles. The predicted octanol–water partition coefficient (Wildman–Crippen LogP) is 7.68. The fourth-order valence-corrected chi connectivity index (χ4v) is 6.65. The summed E-state index contributed by atoms with van der Waals surface area (Å²) in [6, 6.07) is 13.3. The molecule has 1 aromatic heterocycles. The smallest absolute Gasteiger partial charge is 0.278 e. The highest BCUT2D eigenvalue weighted by molar-refractivity contribution is 8.01. The Kier molecular flexibility index (Phi) is 10.7. The van der Waals surface area contributed by atoms with Crippen molar-refractivity contribution in [3.05, 3.63) is 59.4 Å². The molecule has 0 N–H and O–H groups in total. The Labute approximate surface area is 231 Å². The molecule has 2 aliphatic heterocycles. The first-order valence-electron chi connectivity index (χ1n) is 14.2. The van der Waals surface area contributed by atoms with Gasteiger partial charge in [-0.1, -0.05) is 45.2 Å². The van der Waals surface area contributed by atoms with E-state index in [1.165, 1.54) is 69.3 Å². The van der Waals surface area contributed by atoms with Gasteiger partial charge < -0.3 is 9.21 Å². The Hall–Kier alpha value is -2.32. The van der Waals surface area contributed by atoms with E-state index in [-0.39, 0.29) is 12.1 Å². The van der Waals surface area contributed by atoms with Crippen molar-refractivity contribution in [1.29, 1.82) is 0 Å². The normalized spacial score (nSPS) is 19.1. The number of aryl methyl sites for hydroxylation is 1. The molecule has 5 rings (SSSR count). The molecule has 0 bridgehead atoms. The molecule has 0 unspecified atom stereocenters. The van der Waals surface area contributed by atoms with Gasteiger partial charge in [0.15, 0.2) is 0 Å². The van der Waals surface area contributed by atoms with Crippen LogP contribution in [-0.4, -0.2) is 52.1 Å². The number of likely N-dealkylation sites (tertiary alicyclic amines) is 1. The molecule has 2 aromatic rings. The fourth-order valence-electron chi connectivity index (χ4n) is 5.43. The predicted molar refractivity (Wildman–Crippen MR) is 157 cm³/mol. The van der Waals surface area contributed by atoms with Crippen molar-refractivity contribution in [2.45, 2.75) is 96.4 Å². The van der Waals surface area contributed by atoms with Crippen LogP contribution in [0.15, 0.2) is 52.8 Å². The first kappa shape index (κ1) is 28.7. The number of benzene rings is 1. The van der Waals surface area contributed by atoms with Crippen LogP contribution in [-0.2, 0) is 6.54 Å². The summed E-state index contributed by atoms with van der Waals surface area (Å²) in [7, 11) is 0. The molecular weight excluding hydrogens is 500 g/mol. The molecule has 38 heavy (non-hydrogen) atoms. The van der Waals surface area contributed by atoms with Gasteiger partial charge in [-0.05, 0) is 87.5 Å². The molecule has 0 amide bonds. The van der Waals surface area contributed by atoms with Crippen molar-refractivity contribution >= 4 is 29.1 Å². The molecule has 0 atom stereocenters. The number of aromatic nitrogens is 1. The number of alkyl halides is 2. The van der Waals surface area contributed by atoms with Crippen LogP contribution in [0, 0.1) is 6.92 Å². The monoisotopic (exact) mass is 541 g/mol. The Bertz CT molecular complexity index is 1070. The third-order valence-corrected chi connectivity index (χ3v) is 8.86. The van der Waals surface area contributed by atoms with Crippen LogP contribution in [0.3, 0.4) is 0 Å². The van der Waals surface area contributed by atoms with Crippen LogP contribution in [0.5, 0.6) is 0 Å². The lowest BCUT2D eigenvalue weighted by Gasteiger charge is -2.40. The maximum absolute atomic E-state index is 12.9. The summed E-state index contributed by atoms with van der Waals surface area (Å²) in [6.07, 6.45) is 8.61. The van der Waals surface area contributed by atoms with E-state index in [0.29, 0.717) is 17.5 Å². The Morgan fingerprint density at radius 3 is 2.39 bits per heavy atom. The Balaban J connectivity index is 0.00000164.